The molecule has 1 N–H and O–H groups in total. The van der Waals surface area contributed by atoms with Gasteiger partial charge in [-0.15, -0.1) is 0 Å². The number of amidine groups is 1. The molecule has 1 unspecified atom stereocenters. The summed E-state index contributed by atoms with van der Waals surface area (Å²) in [6, 6.07) is 26.6. The van der Waals surface area contributed by atoms with Crippen LogP contribution in [0.25, 0.3) is 0 Å². The molecule has 6 heteroatoms. The average Bonchev–Trinajstić information content (AvgIpc) is 2.80. The van der Waals surface area contributed by atoms with Crippen LogP contribution >= 0.6 is 0 Å². The zero-order chi connectivity index (χ0) is 20.8. The molecule has 1 atom stereocenters. The standard InChI is InChI=1S/C24H21N3O3/c28-17-30-16-15-22-25-21-14-8-7-13-20(21)23(27(22)19-11-5-2-6-12-19)26-24(29)18-9-3-1-4-10-18/h1-14,17,23H,15-16H2,(H,26,29). The third-order valence-electron chi connectivity index (χ3n) is 4.87. The lowest BCUT2D eigenvalue weighted by atomic mass is 10.0. The molecule has 0 bridgehead atoms. The van der Waals surface area contributed by atoms with Crippen LogP contribution in [-0.2, 0) is 9.53 Å². The summed E-state index contributed by atoms with van der Waals surface area (Å²) in [6.07, 6.45) is -0.0420. The first kappa shape index (κ1) is 19.4. The van der Waals surface area contributed by atoms with Gasteiger partial charge in [0.05, 0.1) is 12.3 Å². The number of carbonyl (C=O) groups excluding carboxylic acids is 2. The number of nitrogens with zero attached hydrogens (tertiary/aromatic N) is 2. The topological polar surface area (TPSA) is 71.0 Å². The third kappa shape index (κ3) is 4.07. The van der Waals surface area contributed by atoms with Crippen LogP contribution in [0.5, 0.6) is 0 Å². The summed E-state index contributed by atoms with van der Waals surface area (Å²) in [5.74, 6) is 0.529. The highest BCUT2D eigenvalue weighted by atomic mass is 16.5. The maximum Gasteiger partial charge on any atom is 0.293 e. The molecule has 1 aliphatic rings. The van der Waals surface area contributed by atoms with E-state index < -0.39 is 6.17 Å². The van der Waals surface area contributed by atoms with Crippen molar-refractivity contribution in [3.8, 4) is 0 Å². The first-order chi connectivity index (χ1) is 14.8. The van der Waals surface area contributed by atoms with Crippen molar-refractivity contribution in [3.63, 3.8) is 0 Å². The van der Waals surface area contributed by atoms with E-state index in [1.54, 1.807) is 12.1 Å². The zero-order valence-corrected chi connectivity index (χ0v) is 16.3. The molecule has 6 nitrogen and oxygen atoms in total. The molecule has 0 fully saturated rings. The summed E-state index contributed by atoms with van der Waals surface area (Å²) in [5.41, 5.74) is 3.14. The highest BCUT2D eigenvalue weighted by molar-refractivity contribution is 6.03. The summed E-state index contributed by atoms with van der Waals surface area (Å²) in [6.45, 7) is 0.631. The molecule has 4 rings (SSSR count). The van der Waals surface area contributed by atoms with Gasteiger partial charge in [0.1, 0.15) is 12.0 Å². The monoisotopic (exact) mass is 399 g/mol. The van der Waals surface area contributed by atoms with E-state index in [-0.39, 0.29) is 12.5 Å². The molecule has 0 saturated heterocycles. The molecule has 1 heterocycles. The number of aliphatic imine (C=N–C) groups is 1. The number of anilines is 1. The van der Waals surface area contributed by atoms with Crippen LogP contribution in [0.15, 0.2) is 89.9 Å². The lowest BCUT2D eigenvalue weighted by Gasteiger charge is -2.38. The van der Waals surface area contributed by atoms with E-state index in [1.165, 1.54) is 0 Å². The van der Waals surface area contributed by atoms with Gasteiger partial charge in [0.2, 0.25) is 0 Å². The molecule has 0 saturated carbocycles. The van der Waals surface area contributed by atoms with E-state index >= 15 is 0 Å². The molecule has 0 radical (unpaired) electrons. The number of fused-ring (bicyclic) bond motifs is 1. The Kier molecular flexibility index (Phi) is 5.85. The first-order valence-electron chi connectivity index (χ1n) is 9.70. The summed E-state index contributed by atoms with van der Waals surface area (Å²) in [7, 11) is 0. The van der Waals surface area contributed by atoms with Crippen LogP contribution in [0.4, 0.5) is 11.4 Å². The molecule has 1 amide bonds. The van der Waals surface area contributed by atoms with Gasteiger partial charge in [-0.3, -0.25) is 9.59 Å². The Labute approximate surface area is 174 Å². The van der Waals surface area contributed by atoms with E-state index in [4.69, 9.17) is 9.73 Å². The fraction of sp³-hybridized carbons (Fsp3) is 0.125. The molecule has 1 aliphatic heterocycles. The van der Waals surface area contributed by atoms with Gasteiger partial charge < -0.3 is 15.0 Å². The zero-order valence-electron chi connectivity index (χ0n) is 16.3. The minimum absolute atomic E-state index is 0.179. The van der Waals surface area contributed by atoms with Crippen molar-refractivity contribution >= 4 is 29.6 Å². The van der Waals surface area contributed by atoms with Gasteiger partial charge in [0, 0.05) is 23.2 Å². The van der Waals surface area contributed by atoms with Crippen molar-refractivity contribution in [1.82, 2.24) is 5.32 Å². The molecule has 0 spiro atoms. The van der Waals surface area contributed by atoms with E-state index in [9.17, 15) is 9.59 Å². The molecular weight excluding hydrogens is 378 g/mol. The number of carbonyl (C=O) groups is 2. The van der Waals surface area contributed by atoms with Crippen molar-refractivity contribution in [2.75, 3.05) is 11.5 Å². The fourth-order valence-corrected chi connectivity index (χ4v) is 3.50. The van der Waals surface area contributed by atoms with Crippen molar-refractivity contribution in [2.45, 2.75) is 12.6 Å². The Morgan fingerprint density at radius 3 is 2.37 bits per heavy atom. The van der Waals surface area contributed by atoms with Gasteiger partial charge in [-0.25, -0.2) is 4.99 Å². The Bertz CT molecular complexity index is 1050. The van der Waals surface area contributed by atoms with Crippen LogP contribution in [-0.4, -0.2) is 24.8 Å². The predicted octanol–water partition coefficient (Wildman–Crippen LogP) is 4.23. The van der Waals surface area contributed by atoms with Crippen molar-refractivity contribution < 1.29 is 14.3 Å². The maximum atomic E-state index is 13.0. The number of rotatable bonds is 7. The second-order valence-corrected chi connectivity index (χ2v) is 6.75. The largest absolute Gasteiger partial charge is 0.467 e. The van der Waals surface area contributed by atoms with Gasteiger partial charge >= 0.3 is 0 Å². The second kappa shape index (κ2) is 9.05. The normalized spacial score (nSPS) is 15.0. The average molecular weight is 399 g/mol. The third-order valence-corrected chi connectivity index (χ3v) is 4.87. The maximum absolute atomic E-state index is 13.0. The fourth-order valence-electron chi connectivity index (χ4n) is 3.50. The van der Waals surface area contributed by atoms with Crippen LogP contribution in [0, 0.1) is 0 Å². The number of ether oxygens (including phenoxy) is 1. The summed E-state index contributed by atoms with van der Waals surface area (Å²) < 4.78 is 4.92. The van der Waals surface area contributed by atoms with Gasteiger partial charge in [-0.1, -0.05) is 54.6 Å². The Morgan fingerprint density at radius 2 is 1.63 bits per heavy atom. The Morgan fingerprint density at radius 1 is 0.967 bits per heavy atom. The Balaban J connectivity index is 1.76. The lowest BCUT2D eigenvalue weighted by molar-refractivity contribution is -0.128. The van der Waals surface area contributed by atoms with Gasteiger partial charge in [-0.05, 0) is 30.3 Å². The van der Waals surface area contributed by atoms with Gasteiger partial charge in [0.15, 0.2) is 0 Å². The quantitative estimate of drug-likeness (QED) is 0.477. The molecule has 30 heavy (non-hydrogen) atoms. The summed E-state index contributed by atoms with van der Waals surface area (Å²) >= 11 is 0. The highest BCUT2D eigenvalue weighted by Crippen LogP contribution is 2.37. The smallest absolute Gasteiger partial charge is 0.293 e. The second-order valence-electron chi connectivity index (χ2n) is 6.75. The highest BCUT2D eigenvalue weighted by Gasteiger charge is 2.32. The molecule has 0 aromatic heterocycles. The minimum atomic E-state index is -0.458. The van der Waals surface area contributed by atoms with Crippen molar-refractivity contribution in [3.05, 3.63) is 96.1 Å². The lowest BCUT2D eigenvalue weighted by Crippen LogP contribution is -2.46. The molecule has 150 valence electrons. The number of hydrogen-bond donors (Lipinski definition) is 1. The minimum Gasteiger partial charge on any atom is -0.467 e. The molecular formula is C24H21N3O3. The van der Waals surface area contributed by atoms with Crippen LogP contribution in [0.3, 0.4) is 0 Å². The number of amides is 1. The summed E-state index contributed by atoms with van der Waals surface area (Å²) in [5, 5.41) is 3.16. The number of para-hydroxylation sites is 2. The number of hydrogen-bond acceptors (Lipinski definition) is 5. The first-order valence-corrected chi connectivity index (χ1v) is 9.70. The SMILES string of the molecule is O=COCCC1=Nc2ccccc2C(NC(=O)c2ccccc2)N1c1ccccc1. The van der Waals surface area contributed by atoms with Gasteiger partial charge in [0.25, 0.3) is 12.4 Å². The Hall–Kier alpha value is -3.93. The van der Waals surface area contributed by atoms with Crippen LogP contribution in [0.2, 0.25) is 0 Å². The molecule has 0 aliphatic carbocycles. The molecule has 3 aromatic rings. The van der Waals surface area contributed by atoms with Gasteiger partial charge in [-0.2, -0.15) is 0 Å². The predicted molar refractivity (Wildman–Crippen MR) is 116 cm³/mol. The van der Waals surface area contributed by atoms with E-state index in [0.29, 0.717) is 24.3 Å². The van der Waals surface area contributed by atoms with Crippen LogP contribution in [0.1, 0.15) is 28.5 Å². The van der Waals surface area contributed by atoms with Crippen molar-refractivity contribution in [1.29, 1.82) is 0 Å². The van der Waals surface area contributed by atoms with Crippen LogP contribution < -0.4 is 10.2 Å². The van der Waals surface area contributed by atoms with Crippen molar-refractivity contribution in [2.24, 2.45) is 4.99 Å². The van der Waals surface area contributed by atoms with E-state index in [2.05, 4.69) is 5.32 Å². The number of benzene rings is 3. The number of nitrogens with one attached hydrogen (secondary N) is 1. The van der Waals surface area contributed by atoms with E-state index in [0.717, 1.165) is 16.9 Å². The molecule has 3 aromatic carbocycles. The summed E-state index contributed by atoms with van der Waals surface area (Å²) in [4.78, 5) is 30.4. The van der Waals surface area contributed by atoms with E-state index in [1.807, 2.05) is 77.7 Å².